The quantitative estimate of drug-likeness (QED) is 0.793. The number of carboxylic acids is 1. The van der Waals surface area contributed by atoms with Crippen molar-refractivity contribution in [2.45, 2.75) is 37.8 Å². The van der Waals surface area contributed by atoms with Crippen LogP contribution in [-0.4, -0.2) is 52.7 Å². The predicted octanol–water partition coefficient (Wildman–Crippen LogP) is 2.99. The Hall–Kier alpha value is -3.35. The highest BCUT2D eigenvalue weighted by Crippen LogP contribution is 2.44. The van der Waals surface area contributed by atoms with Crippen molar-refractivity contribution in [3.05, 3.63) is 59.7 Å². The number of hydrogen-bond acceptors (Lipinski definition) is 4. The highest BCUT2D eigenvalue weighted by molar-refractivity contribution is 5.93. The number of likely N-dealkylation sites (tertiary alicyclic amines) is 1. The number of aliphatic carboxylic acids is 1. The summed E-state index contributed by atoms with van der Waals surface area (Å²) in [7, 11) is 0. The lowest BCUT2D eigenvalue weighted by molar-refractivity contribution is -0.159. The van der Waals surface area contributed by atoms with E-state index in [-0.39, 0.29) is 12.5 Å². The highest BCUT2D eigenvalue weighted by atomic mass is 16.5. The Labute approximate surface area is 174 Å². The third kappa shape index (κ3) is 3.40. The maximum atomic E-state index is 12.7. The van der Waals surface area contributed by atoms with Crippen LogP contribution < -0.4 is 5.32 Å². The Morgan fingerprint density at radius 2 is 1.63 bits per heavy atom. The smallest absolute Gasteiger partial charge is 0.408 e. The van der Waals surface area contributed by atoms with Gasteiger partial charge in [-0.25, -0.2) is 9.59 Å². The van der Waals surface area contributed by atoms with Gasteiger partial charge in [-0.2, -0.15) is 0 Å². The number of carboxylic acid groups (broad SMARTS) is 1. The van der Waals surface area contributed by atoms with E-state index in [9.17, 15) is 14.4 Å². The zero-order chi connectivity index (χ0) is 21.5. The van der Waals surface area contributed by atoms with Crippen molar-refractivity contribution in [1.82, 2.24) is 10.2 Å². The standard InChI is InChI=1S/C23H24N2O5/c1-23(2,21(28)25-12-11-19(25)20(26)27)24-22(29)30-13-18-16-9-5-3-7-14(16)15-8-4-6-10-17(15)18/h3-10,18-19H,11-13H2,1-2H3,(H,24,29)(H,26,27). The Morgan fingerprint density at radius 3 is 2.13 bits per heavy atom. The number of hydrogen-bond donors (Lipinski definition) is 2. The summed E-state index contributed by atoms with van der Waals surface area (Å²) >= 11 is 0. The molecule has 1 fully saturated rings. The highest BCUT2D eigenvalue weighted by Gasteiger charge is 2.44. The van der Waals surface area contributed by atoms with Crippen molar-refractivity contribution in [3.63, 3.8) is 0 Å². The molecule has 1 saturated heterocycles. The number of nitrogens with zero attached hydrogens (tertiary/aromatic N) is 1. The predicted molar refractivity (Wildman–Crippen MR) is 110 cm³/mol. The van der Waals surface area contributed by atoms with Gasteiger partial charge in [0.25, 0.3) is 0 Å². The molecule has 2 amide bonds. The molecule has 1 unspecified atom stereocenters. The van der Waals surface area contributed by atoms with E-state index in [4.69, 9.17) is 9.84 Å². The molecule has 1 aliphatic carbocycles. The Kier molecular flexibility index (Phi) is 4.97. The molecule has 30 heavy (non-hydrogen) atoms. The molecule has 1 atom stereocenters. The van der Waals surface area contributed by atoms with E-state index in [1.54, 1.807) is 13.8 Å². The largest absolute Gasteiger partial charge is 0.480 e. The molecule has 0 bridgehead atoms. The topological polar surface area (TPSA) is 95.9 Å². The molecular weight excluding hydrogens is 384 g/mol. The van der Waals surface area contributed by atoms with Gasteiger partial charge in [-0.3, -0.25) is 4.79 Å². The van der Waals surface area contributed by atoms with Gasteiger partial charge in [0.1, 0.15) is 18.2 Å². The first-order valence-electron chi connectivity index (χ1n) is 9.96. The van der Waals surface area contributed by atoms with Crippen molar-refractivity contribution in [1.29, 1.82) is 0 Å². The average molecular weight is 408 g/mol. The summed E-state index contributed by atoms with van der Waals surface area (Å²) < 4.78 is 5.49. The summed E-state index contributed by atoms with van der Waals surface area (Å²) in [5.74, 6) is -1.55. The van der Waals surface area contributed by atoms with Crippen LogP contribution in [-0.2, 0) is 14.3 Å². The summed E-state index contributed by atoms with van der Waals surface area (Å²) in [4.78, 5) is 37.6. The van der Waals surface area contributed by atoms with E-state index >= 15 is 0 Å². The van der Waals surface area contributed by atoms with Crippen molar-refractivity contribution < 1.29 is 24.2 Å². The van der Waals surface area contributed by atoms with Gasteiger partial charge in [-0.1, -0.05) is 48.5 Å². The number of rotatable bonds is 5. The van der Waals surface area contributed by atoms with E-state index in [1.807, 2.05) is 36.4 Å². The summed E-state index contributed by atoms with van der Waals surface area (Å²) in [5.41, 5.74) is 3.21. The van der Waals surface area contributed by atoms with Crippen molar-refractivity contribution >= 4 is 18.0 Å². The number of amides is 2. The van der Waals surface area contributed by atoms with Gasteiger partial charge in [0.15, 0.2) is 0 Å². The third-order valence-corrected chi connectivity index (χ3v) is 5.86. The molecule has 2 aromatic rings. The van der Waals surface area contributed by atoms with Crippen LogP contribution in [0, 0.1) is 0 Å². The van der Waals surface area contributed by atoms with Crippen molar-refractivity contribution in [2.24, 2.45) is 0 Å². The number of alkyl carbamates (subject to hydrolysis) is 1. The first-order valence-corrected chi connectivity index (χ1v) is 9.96. The maximum absolute atomic E-state index is 12.7. The van der Waals surface area contributed by atoms with E-state index in [0.29, 0.717) is 13.0 Å². The summed E-state index contributed by atoms with van der Waals surface area (Å²) in [6, 6.07) is 15.2. The molecule has 0 spiro atoms. The Balaban J connectivity index is 1.42. The minimum Gasteiger partial charge on any atom is -0.480 e. The summed E-state index contributed by atoms with van der Waals surface area (Å²) in [6.45, 7) is 3.61. The molecule has 2 aliphatic rings. The van der Waals surface area contributed by atoms with Gasteiger partial charge in [0, 0.05) is 12.5 Å². The molecule has 7 nitrogen and oxygen atoms in total. The first-order chi connectivity index (χ1) is 14.3. The van der Waals surface area contributed by atoms with E-state index in [0.717, 1.165) is 22.3 Å². The van der Waals surface area contributed by atoms with E-state index < -0.39 is 29.6 Å². The second kappa shape index (κ2) is 7.48. The lowest BCUT2D eigenvalue weighted by atomic mass is 9.96. The minimum absolute atomic E-state index is 0.0752. The molecule has 0 aromatic heterocycles. The van der Waals surface area contributed by atoms with Crippen LogP contribution >= 0.6 is 0 Å². The van der Waals surface area contributed by atoms with Crippen LogP contribution in [0.4, 0.5) is 4.79 Å². The van der Waals surface area contributed by atoms with Gasteiger partial charge in [-0.15, -0.1) is 0 Å². The molecular formula is C23H24N2O5. The molecule has 0 radical (unpaired) electrons. The van der Waals surface area contributed by atoms with Crippen LogP contribution in [0.15, 0.2) is 48.5 Å². The number of fused-ring (bicyclic) bond motifs is 3. The second-order valence-electron chi connectivity index (χ2n) is 8.22. The number of ether oxygens (including phenoxy) is 1. The zero-order valence-corrected chi connectivity index (χ0v) is 16.9. The van der Waals surface area contributed by atoms with Crippen LogP contribution in [0.2, 0.25) is 0 Å². The lowest BCUT2D eigenvalue weighted by Gasteiger charge is -2.42. The number of carbonyl (C=O) groups excluding carboxylic acids is 2. The lowest BCUT2D eigenvalue weighted by Crippen LogP contribution is -2.64. The molecule has 4 rings (SSSR count). The molecule has 156 valence electrons. The molecule has 1 heterocycles. The monoisotopic (exact) mass is 408 g/mol. The summed E-state index contributed by atoms with van der Waals surface area (Å²) in [5, 5.41) is 11.8. The van der Waals surface area contributed by atoms with Gasteiger partial charge in [0.2, 0.25) is 5.91 Å². The molecule has 0 saturated carbocycles. The van der Waals surface area contributed by atoms with Crippen LogP contribution in [0.1, 0.15) is 37.3 Å². The van der Waals surface area contributed by atoms with Crippen LogP contribution in [0.3, 0.4) is 0 Å². The van der Waals surface area contributed by atoms with Gasteiger partial charge in [0.05, 0.1) is 0 Å². The van der Waals surface area contributed by atoms with E-state index in [2.05, 4.69) is 17.4 Å². The second-order valence-corrected chi connectivity index (χ2v) is 8.22. The average Bonchev–Trinajstić information content (AvgIpc) is 2.98. The first kappa shape index (κ1) is 19.9. The van der Waals surface area contributed by atoms with Crippen LogP contribution in [0.5, 0.6) is 0 Å². The fourth-order valence-electron chi connectivity index (χ4n) is 4.19. The molecule has 7 heteroatoms. The number of carbonyl (C=O) groups is 3. The molecule has 1 aliphatic heterocycles. The fourth-order valence-corrected chi connectivity index (χ4v) is 4.19. The van der Waals surface area contributed by atoms with Crippen LogP contribution in [0.25, 0.3) is 11.1 Å². The number of nitrogens with one attached hydrogen (secondary N) is 1. The molecule has 2 N–H and O–H groups in total. The summed E-state index contributed by atoms with van der Waals surface area (Å²) in [6.07, 6.45) is -0.287. The Morgan fingerprint density at radius 1 is 1.07 bits per heavy atom. The normalized spacial score (nSPS) is 17.5. The van der Waals surface area contributed by atoms with E-state index in [1.165, 1.54) is 4.90 Å². The van der Waals surface area contributed by atoms with Gasteiger partial charge < -0.3 is 20.1 Å². The van der Waals surface area contributed by atoms with Crippen molar-refractivity contribution in [3.8, 4) is 11.1 Å². The SMILES string of the molecule is CC(C)(NC(=O)OCC1c2ccccc2-c2ccccc21)C(=O)N1CCC1C(=O)O. The Bertz CT molecular complexity index is 971. The fraction of sp³-hybridized carbons (Fsp3) is 0.348. The van der Waals surface area contributed by atoms with Gasteiger partial charge >= 0.3 is 12.1 Å². The third-order valence-electron chi connectivity index (χ3n) is 5.86. The van der Waals surface area contributed by atoms with Gasteiger partial charge in [-0.05, 0) is 42.5 Å². The number of benzene rings is 2. The molecule has 2 aromatic carbocycles. The zero-order valence-electron chi connectivity index (χ0n) is 16.9. The van der Waals surface area contributed by atoms with Crippen molar-refractivity contribution in [2.75, 3.05) is 13.2 Å². The maximum Gasteiger partial charge on any atom is 0.408 e. The minimum atomic E-state index is -1.27.